The summed E-state index contributed by atoms with van der Waals surface area (Å²) in [7, 11) is 2.34. The summed E-state index contributed by atoms with van der Waals surface area (Å²) in [6, 6.07) is 0.717. The van der Waals surface area contributed by atoms with E-state index in [1.807, 2.05) is 0 Å². The molecule has 1 N–H and O–H groups in total. The van der Waals surface area contributed by atoms with Crippen LogP contribution in [0.2, 0.25) is 6.04 Å². The molecule has 0 saturated heterocycles. The first-order valence-corrected chi connectivity index (χ1v) is 11.0. The van der Waals surface area contributed by atoms with E-state index in [0.717, 1.165) is 19.3 Å². The highest BCUT2D eigenvalue weighted by molar-refractivity contribution is 6.60. The van der Waals surface area contributed by atoms with Crippen molar-refractivity contribution >= 4 is 14.7 Å². The highest BCUT2D eigenvalue weighted by Crippen LogP contribution is 2.14. The lowest BCUT2D eigenvalue weighted by Crippen LogP contribution is -2.43. The minimum absolute atomic E-state index is 0.149. The maximum atomic E-state index is 11.8. The Morgan fingerprint density at radius 3 is 1.87 bits per heavy atom. The van der Waals surface area contributed by atoms with Crippen LogP contribution in [0.5, 0.6) is 0 Å². The van der Waals surface area contributed by atoms with E-state index in [4.69, 9.17) is 13.3 Å². The van der Waals surface area contributed by atoms with Crippen molar-refractivity contribution in [3.05, 3.63) is 0 Å². The van der Waals surface area contributed by atoms with Crippen molar-refractivity contribution in [3.8, 4) is 0 Å². The first-order chi connectivity index (χ1) is 11.1. The van der Waals surface area contributed by atoms with Gasteiger partial charge >= 0.3 is 8.80 Å². The highest BCUT2D eigenvalue weighted by atomic mass is 28.4. The van der Waals surface area contributed by atoms with Crippen LogP contribution in [-0.4, -0.2) is 42.6 Å². The molecule has 0 aromatic rings. The molecular weight excluding hydrogens is 310 g/mol. The van der Waals surface area contributed by atoms with E-state index in [0.29, 0.717) is 19.0 Å². The van der Waals surface area contributed by atoms with Crippen LogP contribution in [0.4, 0.5) is 0 Å². The normalized spacial score (nSPS) is 11.7. The van der Waals surface area contributed by atoms with E-state index in [1.54, 1.807) is 21.3 Å². The van der Waals surface area contributed by atoms with E-state index < -0.39 is 8.80 Å². The summed E-state index contributed by atoms with van der Waals surface area (Å²) >= 11 is 0. The van der Waals surface area contributed by atoms with E-state index in [1.165, 1.54) is 38.5 Å². The lowest BCUT2D eigenvalue weighted by molar-refractivity contribution is -0.121. The van der Waals surface area contributed by atoms with Gasteiger partial charge in [-0.15, -0.1) is 0 Å². The lowest BCUT2D eigenvalue weighted by Gasteiger charge is -2.24. The Balaban J connectivity index is 3.50. The monoisotopic (exact) mass is 347 g/mol. The molecule has 0 rings (SSSR count). The molecule has 0 saturated carbocycles. The van der Waals surface area contributed by atoms with Gasteiger partial charge in [-0.1, -0.05) is 51.9 Å². The number of hydrogen-bond acceptors (Lipinski definition) is 4. The third-order valence-electron chi connectivity index (χ3n) is 4.17. The van der Waals surface area contributed by atoms with Crippen molar-refractivity contribution in [2.75, 3.05) is 27.9 Å². The number of carbonyl (C=O) groups is 1. The first-order valence-electron chi connectivity index (χ1n) is 9.06. The van der Waals surface area contributed by atoms with E-state index in [-0.39, 0.29) is 5.91 Å². The Bertz CT molecular complexity index is 278. The Morgan fingerprint density at radius 1 is 0.826 bits per heavy atom. The third-order valence-corrected chi connectivity index (χ3v) is 7.00. The molecule has 0 aliphatic carbocycles. The van der Waals surface area contributed by atoms with Gasteiger partial charge in [-0.05, 0) is 12.8 Å². The molecule has 0 aliphatic rings. The largest absolute Gasteiger partial charge is 0.500 e. The summed E-state index contributed by atoms with van der Waals surface area (Å²) in [5.74, 6) is 0.149. The predicted octanol–water partition coefficient (Wildman–Crippen LogP) is 3.90. The molecule has 0 aromatic carbocycles. The zero-order valence-corrected chi connectivity index (χ0v) is 16.6. The molecular formula is C17H37NO4Si. The minimum Gasteiger partial charge on any atom is -0.377 e. The fourth-order valence-electron chi connectivity index (χ4n) is 2.60. The van der Waals surface area contributed by atoms with Crippen LogP contribution in [0.25, 0.3) is 0 Å². The van der Waals surface area contributed by atoms with Crippen LogP contribution in [-0.2, 0) is 18.1 Å². The molecule has 1 amide bonds. The van der Waals surface area contributed by atoms with E-state index in [2.05, 4.69) is 12.2 Å². The minimum atomic E-state index is -2.49. The van der Waals surface area contributed by atoms with Crippen molar-refractivity contribution < 1.29 is 18.1 Å². The Kier molecular flexibility index (Phi) is 14.8. The van der Waals surface area contributed by atoms with E-state index in [9.17, 15) is 4.79 Å². The SMILES string of the molecule is CCCCCCCCCCC(=O)NCCC[Si](OC)(OC)OC. The van der Waals surface area contributed by atoms with Crippen molar-refractivity contribution in [2.24, 2.45) is 0 Å². The van der Waals surface area contributed by atoms with Crippen LogP contribution in [0, 0.1) is 0 Å². The number of unbranched alkanes of at least 4 members (excludes halogenated alkanes) is 7. The molecule has 0 unspecified atom stereocenters. The number of carbonyl (C=O) groups excluding carboxylic acids is 1. The molecule has 6 heteroatoms. The van der Waals surface area contributed by atoms with Crippen LogP contribution in [0.15, 0.2) is 0 Å². The van der Waals surface area contributed by atoms with Gasteiger partial charge in [0.1, 0.15) is 0 Å². The molecule has 0 heterocycles. The van der Waals surface area contributed by atoms with Crippen LogP contribution < -0.4 is 5.32 Å². The maximum absolute atomic E-state index is 11.8. The average Bonchev–Trinajstić information content (AvgIpc) is 2.58. The van der Waals surface area contributed by atoms with Gasteiger partial charge < -0.3 is 18.6 Å². The Hall–Kier alpha value is -0.433. The zero-order valence-electron chi connectivity index (χ0n) is 15.6. The average molecular weight is 348 g/mol. The molecule has 138 valence electrons. The van der Waals surface area contributed by atoms with Crippen molar-refractivity contribution in [1.82, 2.24) is 5.32 Å². The summed E-state index contributed by atoms with van der Waals surface area (Å²) in [6.45, 7) is 2.89. The number of amides is 1. The topological polar surface area (TPSA) is 56.8 Å². The van der Waals surface area contributed by atoms with Gasteiger partial charge in [0.2, 0.25) is 5.91 Å². The second-order valence-electron chi connectivity index (χ2n) is 5.97. The van der Waals surface area contributed by atoms with Crippen molar-refractivity contribution in [2.45, 2.75) is 77.2 Å². The molecule has 0 aromatic heterocycles. The number of nitrogens with one attached hydrogen (secondary N) is 1. The van der Waals surface area contributed by atoms with Crippen LogP contribution in [0.3, 0.4) is 0 Å². The van der Waals surface area contributed by atoms with E-state index >= 15 is 0 Å². The first kappa shape index (κ1) is 22.6. The molecule has 0 bridgehead atoms. The quantitative estimate of drug-likeness (QED) is 0.340. The smallest absolute Gasteiger partial charge is 0.377 e. The Labute approximate surface area is 143 Å². The summed E-state index contributed by atoms with van der Waals surface area (Å²) in [5.41, 5.74) is 0. The summed E-state index contributed by atoms with van der Waals surface area (Å²) in [5, 5.41) is 2.96. The molecule has 23 heavy (non-hydrogen) atoms. The fraction of sp³-hybridized carbons (Fsp3) is 0.941. The molecule has 0 radical (unpaired) electrons. The third kappa shape index (κ3) is 11.7. The fourth-order valence-corrected chi connectivity index (χ4v) is 4.32. The van der Waals surface area contributed by atoms with Gasteiger partial charge in [0.15, 0.2) is 0 Å². The summed E-state index contributed by atoms with van der Waals surface area (Å²) in [4.78, 5) is 11.8. The van der Waals surface area contributed by atoms with Gasteiger partial charge in [0.25, 0.3) is 0 Å². The van der Waals surface area contributed by atoms with Gasteiger partial charge in [0, 0.05) is 40.3 Å². The van der Waals surface area contributed by atoms with Gasteiger partial charge in [-0.25, -0.2) is 0 Å². The second-order valence-corrected chi connectivity index (χ2v) is 9.06. The lowest BCUT2D eigenvalue weighted by atomic mass is 10.1. The molecule has 0 aliphatic heterocycles. The summed E-state index contributed by atoms with van der Waals surface area (Å²) < 4.78 is 16.1. The number of hydrogen-bond donors (Lipinski definition) is 1. The van der Waals surface area contributed by atoms with Crippen LogP contribution in [0.1, 0.15) is 71.1 Å². The molecule has 0 atom stereocenters. The van der Waals surface area contributed by atoms with Gasteiger partial charge in [-0.3, -0.25) is 4.79 Å². The molecule has 0 spiro atoms. The van der Waals surface area contributed by atoms with Crippen molar-refractivity contribution in [1.29, 1.82) is 0 Å². The van der Waals surface area contributed by atoms with Crippen molar-refractivity contribution in [3.63, 3.8) is 0 Å². The van der Waals surface area contributed by atoms with Gasteiger partial charge in [-0.2, -0.15) is 0 Å². The number of rotatable bonds is 16. The summed E-state index contributed by atoms with van der Waals surface area (Å²) in [6.07, 6.45) is 11.5. The standard InChI is InChI=1S/C17H37NO4Si/c1-5-6-7-8-9-10-11-12-14-17(19)18-15-13-16-23(20-2,21-3)22-4/h5-16H2,1-4H3,(H,18,19). The highest BCUT2D eigenvalue weighted by Gasteiger charge is 2.36. The van der Waals surface area contributed by atoms with Gasteiger partial charge in [0.05, 0.1) is 0 Å². The predicted molar refractivity (Wildman–Crippen MR) is 96.4 cm³/mol. The Morgan fingerprint density at radius 2 is 1.35 bits per heavy atom. The molecule has 5 nitrogen and oxygen atoms in total. The second kappa shape index (κ2) is 15.1. The molecule has 0 fully saturated rings. The zero-order chi connectivity index (χ0) is 17.4. The maximum Gasteiger partial charge on any atom is 0.500 e. The van der Waals surface area contributed by atoms with Crippen LogP contribution >= 0.6 is 0 Å².